The minimum Gasteiger partial charge on any atom is -0.444 e. The highest BCUT2D eigenvalue weighted by Crippen LogP contribution is 2.41. The highest BCUT2D eigenvalue weighted by Gasteiger charge is 2.51. The molecule has 1 unspecified atom stereocenters. The molecule has 1 amide bonds. The second-order valence-electron chi connectivity index (χ2n) is 7.78. The number of hydrogen-bond donors (Lipinski definition) is 2. The number of alkyl halides is 2. The van der Waals surface area contributed by atoms with E-state index in [2.05, 4.69) is 23.7 Å². The standard InChI is InChI=1S/C21H25F2NO3/c1-6-14-9-10-16(17(13-14)24-18(25)27-19(2,3)4)21(26,20(5,22)23)12-11-15-7-8-15/h6,9-10,13,15,26H,1,7-8H2,2-5H3,(H,24,25). The fraction of sp³-hybridized carbons (Fsp3) is 0.476. The summed E-state index contributed by atoms with van der Waals surface area (Å²) < 4.78 is 34.0. The predicted molar refractivity (Wildman–Crippen MR) is 101 cm³/mol. The Hall–Kier alpha value is -2.39. The molecule has 1 aliphatic rings. The summed E-state index contributed by atoms with van der Waals surface area (Å²) in [4.78, 5) is 12.2. The largest absolute Gasteiger partial charge is 0.444 e. The monoisotopic (exact) mass is 377 g/mol. The number of hydrogen-bond acceptors (Lipinski definition) is 3. The first-order valence-electron chi connectivity index (χ1n) is 8.75. The van der Waals surface area contributed by atoms with Gasteiger partial charge in [0.15, 0.2) is 0 Å². The molecule has 0 radical (unpaired) electrons. The van der Waals surface area contributed by atoms with Gasteiger partial charge in [0, 0.05) is 18.4 Å². The average molecular weight is 377 g/mol. The lowest BCUT2D eigenvalue weighted by molar-refractivity contribution is -0.140. The van der Waals surface area contributed by atoms with E-state index >= 15 is 0 Å². The van der Waals surface area contributed by atoms with Crippen molar-refractivity contribution in [2.24, 2.45) is 5.92 Å². The second-order valence-corrected chi connectivity index (χ2v) is 7.78. The van der Waals surface area contributed by atoms with Gasteiger partial charge in [-0.05, 0) is 45.2 Å². The Labute approximate surface area is 158 Å². The maximum Gasteiger partial charge on any atom is 0.412 e. The lowest BCUT2D eigenvalue weighted by Gasteiger charge is -2.31. The minimum absolute atomic E-state index is 0.00391. The SMILES string of the molecule is C=Cc1ccc(C(O)(C#CC2CC2)C(C)(F)F)c(NC(=O)OC(C)(C)C)c1. The molecule has 6 heteroatoms. The Kier molecular flexibility index (Phi) is 5.67. The molecule has 1 aromatic carbocycles. The zero-order valence-electron chi connectivity index (χ0n) is 16.0. The molecule has 1 saturated carbocycles. The van der Waals surface area contributed by atoms with Crippen molar-refractivity contribution in [3.05, 3.63) is 35.9 Å². The Morgan fingerprint density at radius 1 is 1.33 bits per heavy atom. The number of carbonyl (C=O) groups excluding carboxylic acids is 1. The fourth-order valence-corrected chi connectivity index (χ4v) is 2.37. The van der Waals surface area contributed by atoms with Crippen LogP contribution in [-0.2, 0) is 10.3 Å². The lowest BCUT2D eigenvalue weighted by Crippen LogP contribution is -2.43. The van der Waals surface area contributed by atoms with Gasteiger partial charge in [-0.1, -0.05) is 36.6 Å². The molecule has 0 spiro atoms. The summed E-state index contributed by atoms with van der Waals surface area (Å²) in [5.41, 5.74) is -3.13. The topological polar surface area (TPSA) is 58.6 Å². The summed E-state index contributed by atoms with van der Waals surface area (Å²) in [5.74, 6) is 1.52. The zero-order chi connectivity index (χ0) is 20.5. The Balaban J connectivity index is 2.51. The molecular formula is C21H25F2NO3. The second kappa shape index (κ2) is 7.32. The molecule has 0 heterocycles. The highest BCUT2D eigenvalue weighted by molar-refractivity contribution is 5.87. The summed E-state index contributed by atoms with van der Waals surface area (Å²) in [6.45, 7) is 9.30. The summed E-state index contributed by atoms with van der Waals surface area (Å²) in [6, 6.07) is 4.29. The van der Waals surface area contributed by atoms with E-state index in [9.17, 15) is 18.7 Å². The average Bonchev–Trinajstić information content (AvgIpc) is 3.33. The van der Waals surface area contributed by atoms with Crippen LogP contribution in [0, 0.1) is 17.8 Å². The van der Waals surface area contributed by atoms with Crippen molar-refractivity contribution in [2.75, 3.05) is 5.32 Å². The highest BCUT2D eigenvalue weighted by atomic mass is 19.3. The van der Waals surface area contributed by atoms with Gasteiger partial charge in [0.1, 0.15) is 5.60 Å². The van der Waals surface area contributed by atoms with Crippen LogP contribution in [0.15, 0.2) is 24.8 Å². The van der Waals surface area contributed by atoms with Crippen molar-refractivity contribution in [3.63, 3.8) is 0 Å². The molecule has 0 aromatic heterocycles. The smallest absolute Gasteiger partial charge is 0.412 e. The lowest BCUT2D eigenvalue weighted by atomic mass is 9.86. The first-order chi connectivity index (χ1) is 12.4. The van der Waals surface area contributed by atoms with Crippen LogP contribution in [-0.4, -0.2) is 22.7 Å². The molecule has 2 rings (SSSR count). The van der Waals surface area contributed by atoms with E-state index in [1.807, 2.05) is 0 Å². The fourth-order valence-electron chi connectivity index (χ4n) is 2.37. The van der Waals surface area contributed by atoms with Crippen molar-refractivity contribution in [3.8, 4) is 11.8 Å². The van der Waals surface area contributed by atoms with Crippen molar-refractivity contribution in [1.82, 2.24) is 0 Å². The van der Waals surface area contributed by atoms with Gasteiger partial charge in [-0.15, -0.1) is 0 Å². The molecule has 1 aromatic rings. The summed E-state index contributed by atoms with van der Waals surface area (Å²) in [5, 5.41) is 13.3. The molecule has 27 heavy (non-hydrogen) atoms. The predicted octanol–water partition coefficient (Wildman–Crippen LogP) is 4.93. The van der Waals surface area contributed by atoms with E-state index in [4.69, 9.17) is 4.74 Å². The van der Waals surface area contributed by atoms with E-state index in [-0.39, 0.29) is 17.2 Å². The third-order valence-corrected chi connectivity index (χ3v) is 3.97. The van der Waals surface area contributed by atoms with Crippen molar-refractivity contribution < 1.29 is 23.4 Å². The van der Waals surface area contributed by atoms with Crippen molar-refractivity contribution >= 4 is 17.9 Å². The van der Waals surface area contributed by atoms with Gasteiger partial charge in [-0.2, -0.15) is 0 Å². The molecule has 0 saturated heterocycles. The van der Waals surface area contributed by atoms with E-state index in [0.717, 1.165) is 12.8 Å². The van der Waals surface area contributed by atoms with Gasteiger partial charge < -0.3 is 9.84 Å². The first-order valence-corrected chi connectivity index (χ1v) is 8.75. The number of amides is 1. The van der Waals surface area contributed by atoms with Crippen LogP contribution in [0.3, 0.4) is 0 Å². The molecule has 1 aliphatic carbocycles. The first kappa shape index (κ1) is 20.9. The Morgan fingerprint density at radius 3 is 2.44 bits per heavy atom. The van der Waals surface area contributed by atoms with Crippen LogP contribution in [0.5, 0.6) is 0 Å². The normalized spacial score (nSPS) is 16.6. The van der Waals surface area contributed by atoms with Gasteiger partial charge in [0.25, 0.3) is 5.92 Å². The maximum absolute atomic E-state index is 14.4. The number of benzene rings is 1. The molecule has 0 aliphatic heterocycles. The van der Waals surface area contributed by atoms with Gasteiger partial charge in [-0.3, -0.25) is 5.32 Å². The van der Waals surface area contributed by atoms with E-state index < -0.39 is 23.2 Å². The van der Waals surface area contributed by atoms with Crippen molar-refractivity contribution in [2.45, 2.75) is 57.7 Å². The minimum atomic E-state index is -3.56. The van der Waals surface area contributed by atoms with Crippen LogP contribution in [0.2, 0.25) is 0 Å². The van der Waals surface area contributed by atoms with Crippen LogP contribution < -0.4 is 5.32 Å². The third kappa shape index (κ3) is 5.30. The molecule has 146 valence electrons. The summed E-state index contributed by atoms with van der Waals surface area (Å²) in [7, 11) is 0. The summed E-state index contributed by atoms with van der Waals surface area (Å²) >= 11 is 0. The quantitative estimate of drug-likeness (QED) is 0.731. The van der Waals surface area contributed by atoms with Crippen LogP contribution in [0.1, 0.15) is 51.7 Å². The van der Waals surface area contributed by atoms with E-state index in [1.54, 1.807) is 20.8 Å². The molecule has 4 nitrogen and oxygen atoms in total. The van der Waals surface area contributed by atoms with Gasteiger partial charge in [-0.25, -0.2) is 13.6 Å². The van der Waals surface area contributed by atoms with E-state index in [1.165, 1.54) is 24.3 Å². The molecular weight excluding hydrogens is 352 g/mol. The Morgan fingerprint density at radius 2 is 1.96 bits per heavy atom. The zero-order valence-corrected chi connectivity index (χ0v) is 16.0. The Bertz CT molecular complexity index is 792. The van der Waals surface area contributed by atoms with Gasteiger partial charge >= 0.3 is 6.09 Å². The number of aliphatic hydroxyl groups is 1. The number of rotatable bonds is 4. The number of anilines is 1. The maximum atomic E-state index is 14.4. The molecule has 2 N–H and O–H groups in total. The van der Waals surface area contributed by atoms with Crippen molar-refractivity contribution in [1.29, 1.82) is 0 Å². The van der Waals surface area contributed by atoms with Gasteiger partial charge in [0.2, 0.25) is 5.60 Å². The molecule has 0 bridgehead atoms. The van der Waals surface area contributed by atoms with Crippen LogP contribution >= 0.6 is 0 Å². The van der Waals surface area contributed by atoms with E-state index in [0.29, 0.717) is 12.5 Å². The molecule has 1 fully saturated rings. The molecule has 1 atom stereocenters. The number of carbonyl (C=O) groups is 1. The van der Waals surface area contributed by atoms with Crippen LogP contribution in [0.25, 0.3) is 6.08 Å². The summed E-state index contributed by atoms with van der Waals surface area (Å²) in [6.07, 6.45) is 2.35. The van der Waals surface area contributed by atoms with Crippen LogP contribution in [0.4, 0.5) is 19.3 Å². The number of nitrogens with one attached hydrogen (secondary N) is 1. The van der Waals surface area contributed by atoms with Gasteiger partial charge in [0.05, 0.1) is 5.69 Å². The number of ether oxygens (including phenoxy) is 1. The third-order valence-electron chi connectivity index (χ3n) is 3.97. The number of halogens is 2.